The summed E-state index contributed by atoms with van der Waals surface area (Å²) in [4.78, 5) is 15.1. The molecule has 1 N–H and O–H groups in total. The number of carboxylic acid groups (broad SMARTS) is 1. The first kappa shape index (κ1) is 12.4. The quantitative estimate of drug-likeness (QED) is 0.920. The fourth-order valence-corrected chi connectivity index (χ4v) is 1.61. The average molecular weight is 264 g/mol. The lowest BCUT2D eigenvalue weighted by molar-refractivity contribution is 0.0692. The molecule has 1 aromatic carbocycles. The van der Waals surface area contributed by atoms with Crippen LogP contribution in [0.25, 0.3) is 0 Å². The van der Waals surface area contributed by atoms with Crippen molar-refractivity contribution in [1.29, 1.82) is 0 Å². The van der Waals surface area contributed by atoms with Crippen LogP contribution in [0.1, 0.15) is 15.9 Å². The number of carbonyl (C=O) groups is 1. The molecule has 2 rings (SSSR count). The molecule has 92 valence electrons. The van der Waals surface area contributed by atoms with Gasteiger partial charge in [-0.3, -0.25) is 0 Å². The minimum atomic E-state index is -1.07. The zero-order chi connectivity index (χ0) is 13.1. The summed E-state index contributed by atoms with van der Waals surface area (Å²) in [5.41, 5.74) is 0.661. The van der Waals surface area contributed by atoms with Crippen LogP contribution in [0.2, 0.25) is 5.02 Å². The summed E-state index contributed by atoms with van der Waals surface area (Å²) in [7, 11) is 0. The zero-order valence-electron chi connectivity index (χ0n) is 9.55. The molecule has 0 aliphatic carbocycles. The lowest BCUT2D eigenvalue weighted by Crippen LogP contribution is -2.04. The second kappa shape index (κ2) is 5.06. The fraction of sp³-hybridized carbons (Fsp3) is 0.0769. The van der Waals surface area contributed by atoms with Crippen molar-refractivity contribution in [2.24, 2.45) is 0 Å². The van der Waals surface area contributed by atoms with Crippen LogP contribution in [0, 0.1) is 6.92 Å². The van der Waals surface area contributed by atoms with Gasteiger partial charge in [-0.25, -0.2) is 9.78 Å². The van der Waals surface area contributed by atoms with Crippen LogP contribution in [0.5, 0.6) is 11.6 Å². The molecule has 0 bridgehead atoms. The molecular weight excluding hydrogens is 254 g/mol. The largest absolute Gasteiger partial charge is 0.477 e. The molecule has 0 spiro atoms. The topological polar surface area (TPSA) is 59.4 Å². The standard InChI is InChI=1S/C13H10ClNO3/c1-8-6-7-15-12(11(8)13(16)17)18-10-4-2-9(14)3-5-10/h2-7H,1H3,(H,16,17). The van der Waals surface area contributed by atoms with E-state index in [0.717, 1.165) is 0 Å². The van der Waals surface area contributed by atoms with E-state index in [-0.39, 0.29) is 11.4 Å². The van der Waals surface area contributed by atoms with Gasteiger partial charge >= 0.3 is 5.97 Å². The van der Waals surface area contributed by atoms with Crippen molar-refractivity contribution < 1.29 is 14.6 Å². The van der Waals surface area contributed by atoms with E-state index in [0.29, 0.717) is 16.3 Å². The highest BCUT2D eigenvalue weighted by Crippen LogP contribution is 2.26. The van der Waals surface area contributed by atoms with Gasteiger partial charge in [0, 0.05) is 11.2 Å². The Morgan fingerprint density at radius 2 is 1.94 bits per heavy atom. The number of hydrogen-bond donors (Lipinski definition) is 1. The monoisotopic (exact) mass is 263 g/mol. The third-order valence-electron chi connectivity index (χ3n) is 2.37. The Bertz CT molecular complexity index is 581. The first-order chi connectivity index (χ1) is 8.58. The smallest absolute Gasteiger partial charge is 0.341 e. The Morgan fingerprint density at radius 1 is 1.28 bits per heavy atom. The molecule has 0 fully saturated rings. The van der Waals surface area contributed by atoms with E-state index < -0.39 is 5.97 Å². The van der Waals surface area contributed by atoms with Gasteiger partial charge in [-0.1, -0.05) is 11.6 Å². The summed E-state index contributed by atoms with van der Waals surface area (Å²) in [5, 5.41) is 9.71. The van der Waals surface area contributed by atoms with E-state index in [1.54, 1.807) is 37.3 Å². The number of nitrogens with zero attached hydrogens (tertiary/aromatic N) is 1. The number of halogens is 1. The Balaban J connectivity index is 2.37. The number of aryl methyl sites for hydroxylation is 1. The van der Waals surface area contributed by atoms with Crippen LogP contribution in [0.3, 0.4) is 0 Å². The van der Waals surface area contributed by atoms with Crippen molar-refractivity contribution in [2.75, 3.05) is 0 Å². The second-order valence-corrected chi connectivity index (χ2v) is 4.11. The van der Waals surface area contributed by atoms with Crippen LogP contribution in [0.15, 0.2) is 36.5 Å². The van der Waals surface area contributed by atoms with Crippen LogP contribution >= 0.6 is 11.6 Å². The molecule has 0 unspecified atom stereocenters. The van der Waals surface area contributed by atoms with Crippen molar-refractivity contribution in [3.8, 4) is 11.6 Å². The van der Waals surface area contributed by atoms with Crippen LogP contribution < -0.4 is 4.74 Å². The Morgan fingerprint density at radius 3 is 2.56 bits per heavy atom. The van der Waals surface area contributed by atoms with Gasteiger partial charge in [-0.2, -0.15) is 0 Å². The molecule has 1 heterocycles. The molecule has 1 aromatic heterocycles. The van der Waals surface area contributed by atoms with Crippen LogP contribution in [-0.2, 0) is 0 Å². The lowest BCUT2D eigenvalue weighted by Gasteiger charge is -2.09. The van der Waals surface area contributed by atoms with Gasteiger partial charge in [0.05, 0.1) is 0 Å². The third kappa shape index (κ3) is 2.60. The number of aromatic nitrogens is 1. The molecule has 2 aromatic rings. The number of rotatable bonds is 3. The number of aromatic carboxylic acids is 1. The number of pyridine rings is 1. The molecule has 4 nitrogen and oxygen atoms in total. The van der Waals surface area contributed by atoms with E-state index in [2.05, 4.69) is 4.98 Å². The highest BCUT2D eigenvalue weighted by molar-refractivity contribution is 6.30. The Hall–Kier alpha value is -2.07. The van der Waals surface area contributed by atoms with Gasteiger partial charge in [0.1, 0.15) is 11.3 Å². The van der Waals surface area contributed by atoms with E-state index >= 15 is 0 Å². The normalized spacial score (nSPS) is 10.1. The molecule has 0 aliphatic rings. The third-order valence-corrected chi connectivity index (χ3v) is 2.62. The van der Waals surface area contributed by atoms with Crippen LogP contribution in [-0.4, -0.2) is 16.1 Å². The van der Waals surface area contributed by atoms with Crippen molar-refractivity contribution in [2.45, 2.75) is 6.92 Å². The predicted molar refractivity (Wildman–Crippen MR) is 67.5 cm³/mol. The molecule has 0 saturated carbocycles. The predicted octanol–water partition coefficient (Wildman–Crippen LogP) is 3.53. The number of hydrogen-bond acceptors (Lipinski definition) is 3. The number of carboxylic acids is 1. The first-order valence-corrected chi connectivity index (χ1v) is 5.58. The van der Waals surface area contributed by atoms with Crippen molar-refractivity contribution in [3.05, 3.63) is 52.7 Å². The van der Waals surface area contributed by atoms with E-state index in [1.165, 1.54) is 6.20 Å². The molecule has 5 heteroatoms. The van der Waals surface area contributed by atoms with Gasteiger partial charge < -0.3 is 9.84 Å². The summed E-state index contributed by atoms with van der Waals surface area (Å²) in [6, 6.07) is 8.24. The maximum atomic E-state index is 11.1. The SMILES string of the molecule is Cc1ccnc(Oc2ccc(Cl)cc2)c1C(=O)O. The van der Waals surface area contributed by atoms with E-state index in [4.69, 9.17) is 21.4 Å². The summed E-state index contributed by atoms with van der Waals surface area (Å²) >= 11 is 5.76. The molecular formula is C13H10ClNO3. The molecule has 0 aliphatic heterocycles. The molecule has 0 amide bonds. The highest BCUT2D eigenvalue weighted by Gasteiger charge is 2.16. The molecule has 0 atom stereocenters. The number of benzene rings is 1. The minimum Gasteiger partial charge on any atom is -0.477 e. The molecule has 0 saturated heterocycles. The first-order valence-electron chi connectivity index (χ1n) is 5.20. The van der Waals surface area contributed by atoms with E-state index in [1.807, 2.05) is 0 Å². The van der Waals surface area contributed by atoms with Gasteiger partial charge in [-0.15, -0.1) is 0 Å². The summed E-state index contributed by atoms with van der Waals surface area (Å²) < 4.78 is 5.46. The fourth-order valence-electron chi connectivity index (χ4n) is 1.49. The number of ether oxygens (including phenoxy) is 1. The van der Waals surface area contributed by atoms with Crippen molar-refractivity contribution >= 4 is 17.6 Å². The van der Waals surface area contributed by atoms with E-state index in [9.17, 15) is 4.79 Å². The van der Waals surface area contributed by atoms with Crippen molar-refractivity contribution in [3.63, 3.8) is 0 Å². The van der Waals surface area contributed by atoms with Gasteiger partial charge in [0.2, 0.25) is 5.88 Å². The van der Waals surface area contributed by atoms with Crippen molar-refractivity contribution in [1.82, 2.24) is 4.98 Å². The highest BCUT2D eigenvalue weighted by atomic mass is 35.5. The molecule has 0 radical (unpaired) electrons. The Kier molecular flexibility index (Phi) is 3.48. The average Bonchev–Trinajstić information content (AvgIpc) is 2.32. The second-order valence-electron chi connectivity index (χ2n) is 3.67. The van der Waals surface area contributed by atoms with Gasteiger partial charge in [0.15, 0.2) is 0 Å². The molecule has 18 heavy (non-hydrogen) atoms. The summed E-state index contributed by atoms with van der Waals surface area (Å²) in [6.45, 7) is 1.69. The van der Waals surface area contributed by atoms with Crippen LogP contribution in [0.4, 0.5) is 0 Å². The van der Waals surface area contributed by atoms with Gasteiger partial charge in [0.25, 0.3) is 0 Å². The lowest BCUT2D eigenvalue weighted by atomic mass is 10.1. The zero-order valence-corrected chi connectivity index (χ0v) is 10.3. The minimum absolute atomic E-state index is 0.0625. The maximum Gasteiger partial charge on any atom is 0.341 e. The summed E-state index contributed by atoms with van der Waals surface area (Å²) in [5.74, 6) is -0.505. The van der Waals surface area contributed by atoms with Gasteiger partial charge in [-0.05, 0) is 42.8 Å². The maximum absolute atomic E-state index is 11.1. The summed E-state index contributed by atoms with van der Waals surface area (Å²) in [6.07, 6.45) is 1.51. The Labute approximate surface area is 109 Å².